The Labute approximate surface area is 251 Å². The van der Waals surface area contributed by atoms with E-state index in [-0.39, 0.29) is 29.6 Å². The van der Waals surface area contributed by atoms with Crippen LogP contribution in [0.5, 0.6) is 0 Å². The minimum atomic E-state index is -4.12. The molecule has 232 valence electrons. The molecule has 0 radical (unpaired) electrons. The van der Waals surface area contributed by atoms with Crippen LogP contribution in [-0.4, -0.2) is 113 Å². The molecule has 4 heterocycles. The molecule has 12 nitrogen and oxygen atoms in total. The lowest BCUT2D eigenvalue weighted by Crippen LogP contribution is -2.61. The summed E-state index contributed by atoms with van der Waals surface area (Å²) in [6.07, 6.45) is 2.16. The van der Waals surface area contributed by atoms with Crippen LogP contribution in [0.1, 0.15) is 25.7 Å². The molecule has 2 aromatic rings. The van der Waals surface area contributed by atoms with Gasteiger partial charge in [0.15, 0.2) is 6.29 Å². The van der Waals surface area contributed by atoms with Gasteiger partial charge in [0.25, 0.3) is 15.9 Å². The summed E-state index contributed by atoms with van der Waals surface area (Å²) in [5.41, 5.74) is 3.24. The molecule has 0 saturated carbocycles. The monoisotopic (exact) mass is 642 g/mol. The number of hydrogen-bond acceptors (Lipinski definition) is 10. The summed E-state index contributed by atoms with van der Waals surface area (Å²) < 4.78 is 67.6. The fraction of sp³-hybridized carbons (Fsp3) is 0.593. The first-order chi connectivity index (χ1) is 20.2. The van der Waals surface area contributed by atoms with E-state index >= 15 is 0 Å². The van der Waals surface area contributed by atoms with E-state index in [2.05, 4.69) is 10.4 Å². The number of ether oxygens (including phenoxy) is 2. The Kier molecular flexibility index (Phi) is 10.7. The van der Waals surface area contributed by atoms with Crippen molar-refractivity contribution < 1.29 is 35.9 Å². The lowest BCUT2D eigenvalue weighted by Gasteiger charge is -2.38. The van der Waals surface area contributed by atoms with Gasteiger partial charge >= 0.3 is 0 Å². The Morgan fingerprint density at radius 3 is 2.50 bits per heavy atom. The summed E-state index contributed by atoms with van der Waals surface area (Å²) in [5.74, 6) is -0.829. The average Bonchev–Trinajstić information content (AvgIpc) is 3.53. The smallest absolute Gasteiger partial charge is 0.263 e. The highest BCUT2D eigenvalue weighted by atomic mass is 32.2. The molecular formula is C27H38N4O8S3. The summed E-state index contributed by atoms with van der Waals surface area (Å²) >= 11 is 1.11. The second-order valence-corrected chi connectivity index (χ2v) is 15.8. The summed E-state index contributed by atoms with van der Waals surface area (Å²) in [4.78, 5) is 21.8. The van der Waals surface area contributed by atoms with Gasteiger partial charge in [-0.2, -0.15) is 8.61 Å². The largest absolute Gasteiger partial charge is 0.379 e. The van der Waals surface area contributed by atoms with E-state index in [1.54, 1.807) is 6.07 Å². The second kappa shape index (κ2) is 14.2. The van der Waals surface area contributed by atoms with Gasteiger partial charge in [0.2, 0.25) is 10.0 Å². The van der Waals surface area contributed by atoms with Crippen molar-refractivity contribution in [2.45, 2.75) is 42.2 Å². The maximum absolute atomic E-state index is 13.9. The molecule has 1 unspecified atom stereocenters. The first kappa shape index (κ1) is 31.5. The third-order valence-corrected chi connectivity index (χ3v) is 13.0. The number of sulfonamides is 2. The molecule has 15 heteroatoms. The van der Waals surface area contributed by atoms with E-state index in [1.165, 1.54) is 10.4 Å². The van der Waals surface area contributed by atoms with Gasteiger partial charge in [-0.15, -0.1) is 11.3 Å². The van der Waals surface area contributed by atoms with E-state index in [0.717, 1.165) is 52.0 Å². The van der Waals surface area contributed by atoms with E-state index < -0.39 is 38.3 Å². The fourth-order valence-corrected chi connectivity index (χ4v) is 9.74. The highest BCUT2D eigenvalue weighted by Gasteiger charge is 2.44. The molecule has 1 N–H and O–H groups in total. The van der Waals surface area contributed by atoms with Crippen LogP contribution in [0.3, 0.4) is 0 Å². The molecule has 5 rings (SSSR count). The Morgan fingerprint density at radius 1 is 0.976 bits per heavy atom. The standard InChI is InChI=1S/C27H38N4O8S3/c32-27(28-39-25-9-4-5-17-38-25)23-21-30(41(33,34)20-6-12-29-15-18-37-19-16-29)13-14-31(23)42(35,36)26-11-10-24(40-26)22-7-2-1-3-8-22/h1-3,7-8,10-11,23,25H,4-6,9,12-21H2,(H,28,32)/t23-,25?/m1/s1. The summed E-state index contributed by atoms with van der Waals surface area (Å²) in [5, 5.41) is 0. The SMILES string of the molecule is O=C(NOC1CCCCO1)[C@H]1CN(S(=O)(=O)CCCN2CCOCC2)CCN1S(=O)(=O)c1ccc(-c2ccccc2)s1. The molecule has 42 heavy (non-hydrogen) atoms. The van der Waals surface area contributed by atoms with E-state index in [4.69, 9.17) is 14.3 Å². The van der Waals surface area contributed by atoms with Crippen LogP contribution in [-0.2, 0) is 39.2 Å². The molecule has 3 aliphatic heterocycles. The molecule has 1 amide bonds. The molecule has 2 atom stereocenters. The highest BCUT2D eigenvalue weighted by Crippen LogP contribution is 2.33. The third kappa shape index (κ3) is 7.76. The van der Waals surface area contributed by atoms with Crippen LogP contribution in [0.25, 0.3) is 10.4 Å². The number of piperazine rings is 1. The molecule has 1 aromatic heterocycles. The molecular weight excluding hydrogens is 605 g/mol. The zero-order valence-electron chi connectivity index (χ0n) is 23.4. The Bertz CT molecular complexity index is 1390. The van der Waals surface area contributed by atoms with Crippen molar-refractivity contribution in [3.63, 3.8) is 0 Å². The molecule has 3 saturated heterocycles. The number of hydroxylamine groups is 1. The summed E-state index contributed by atoms with van der Waals surface area (Å²) in [7, 11) is -7.86. The lowest BCUT2D eigenvalue weighted by molar-refractivity contribution is -0.202. The topological polar surface area (TPSA) is 135 Å². The van der Waals surface area contributed by atoms with Gasteiger partial charge < -0.3 is 9.47 Å². The second-order valence-electron chi connectivity index (χ2n) is 10.5. The number of nitrogens with zero attached hydrogens (tertiary/aromatic N) is 3. The molecule has 1 aromatic carbocycles. The number of hydrogen-bond donors (Lipinski definition) is 1. The van der Waals surface area contributed by atoms with Gasteiger partial charge in [0.1, 0.15) is 10.3 Å². The number of thiophene rings is 1. The number of carbonyl (C=O) groups excluding carboxylic acids is 1. The fourth-order valence-electron chi connectivity index (χ4n) is 5.25. The Hall–Kier alpha value is -1.95. The maximum atomic E-state index is 13.9. The molecule has 0 spiro atoms. The van der Waals surface area contributed by atoms with Crippen molar-refractivity contribution in [2.75, 3.05) is 64.8 Å². The minimum Gasteiger partial charge on any atom is -0.379 e. The van der Waals surface area contributed by atoms with Crippen molar-refractivity contribution >= 4 is 37.3 Å². The first-order valence-electron chi connectivity index (χ1n) is 14.3. The Balaban J connectivity index is 1.31. The van der Waals surface area contributed by atoms with Crippen LogP contribution < -0.4 is 5.48 Å². The average molecular weight is 643 g/mol. The summed E-state index contributed by atoms with van der Waals surface area (Å²) in [6.45, 7) is 3.39. The summed E-state index contributed by atoms with van der Waals surface area (Å²) in [6, 6.07) is 11.4. The van der Waals surface area contributed by atoms with Gasteiger partial charge in [-0.1, -0.05) is 30.3 Å². The van der Waals surface area contributed by atoms with Gasteiger partial charge in [-0.25, -0.2) is 27.2 Å². The van der Waals surface area contributed by atoms with E-state index in [1.807, 2.05) is 30.3 Å². The van der Waals surface area contributed by atoms with Crippen molar-refractivity contribution in [2.24, 2.45) is 0 Å². The number of benzene rings is 1. The van der Waals surface area contributed by atoms with Gasteiger partial charge in [-0.3, -0.25) is 9.69 Å². The van der Waals surface area contributed by atoms with E-state index in [0.29, 0.717) is 39.2 Å². The highest BCUT2D eigenvalue weighted by molar-refractivity contribution is 7.91. The lowest BCUT2D eigenvalue weighted by atomic mass is 10.2. The Morgan fingerprint density at radius 2 is 1.76 bits per heavy atom. The number of carbonyl (C=O) groups is 1. The van der Waals surface area contributed by atoms with Crippen molar-refractivity contribution in [1.29, 1.82) is 0 Å². The predicted octanol–water partition coefficient (Wildman–Crippen LogP) is 1.72. The normalized spacial score (nSPS) is 23.5. The van der Waals surface area contributed by atoms with Crippen LogP contribution >= 0.6 is 11.3 Å². The zero-order valence-corrected chi connectivity index (χ0v) is 25.9. The zero-order chi connectivity index (χ0) is 29.6. The van der Waals surface area contributed by atoms with Crippen LogP contribution in [0.2, 0.25) is 0 Å². The van der Waals surface area contributed by atoms with Gasteiger partial charge in [0.05, 0.1) is 19.0 Å². The number of amides is 1. The number of morpholine rings is 1. The molecule has 0 aliphatic carbocycles. The maximum Gasteiger partial charge on any atom is 0.263 e. The molecule has 3 fully saturated rings. The minimum absolute atomic E-state index is 0.0492. The third-order valence-electron chi connectivity index (χ3n) is 7.60. The van der Waals surface area contributed by atoms with Crippen molar-refractivity contribution in [1.82, 2.24) is 19.0 Å². The van der Waals surface area contributed by atoms with Gasteiger partial charge in [-0.05, 0) is 43.5 Å². The number of rotatable bonds is 11. The van der Waals surface area contributed by atoms with Crippen LogP contribution in [0.4, 0.5) is 0 Å². The van der Waals surface area contributed by atoms with Crippen molar-refractivity contribution in [3.8, 4) is 10.4 Å². The predicted molar refractivity (Wildman–Crippen MR) is 157 cm³/mol. The first-order valence-corrected chi connectivity index (χ1v) is 18.1. The van der Waals surface area contributed by atoms with E-state index in [9.17, 15) is 21.6 Å². The van der Waals surface area contributed by atoms with Crippen LogP contribution in [0.15, 0.2) is 46.7 Å². The van der Waals surface area contributed by atoms with Gasteiger partial charge in [0, 0.05) is 50.6 Å². The number of nitrogens with one attached hydrogen (secondary N) is 1. The van der Waals surface area contributed by atoms with Crippen molar-refractivity contribution in [3.05, 3.63) is 42.5 Å². The molecule has 0 bridgehead atoms. The molecule has 3 aliphatic rings. The van der Waals surface area contributed by atoms with Crippen LogP contribution in [0, 0.1) is 0 Å². The quantitative estimate of drug-likeness (QED) is 0.364.